The smallest absolute Gasteiger partial charge is 0.416 e. The lowest BCUT2D eigenvalue weighted by atomic mass is 10.1. The largest absolute Gasteiger partial charge is 0.465 e. The molecule has 0 atom stereocenters. The number of carbonyl (C=O) groups excluding carboxylic acids is 1. The first-order valence-electron chi connectivity index (χ1n) is 13.4. The van der Waals surface area contributed by atoms with Gasteiger partial charge in [0.1, 0.15) is 0 Å². The molecular weight excluding hydrogens is 511 g/mol. The van der Waals surface area contributed by atoms with Crippen LogP contribution in [0.1, 0.15) is 93.4 Å². The zero-order valence-corrected chi connectivity index (χ0v) is 22.4. The van der Waals surface area contributed by atoms with Crippen LogP contribution >= 0.6 is 0 Å². The van der Waals surface area contributed by atoms with Crippen molar-refractivity contribution in [2.24, 2.45) is 10.9 Å². The van der Waals surface area contributed by atoms with Crippen molar-refractivity contribution in [2.45, 2.75) is 90.4 Å². The minimum absolute atomic E-state index is 0.0153. The molecule has 7 nitrogen and oxygen atoms in total. The molecule has 0 aliphatic heterocycles. The summed E-state index contributed by atoms with van der Waals surface area (Å²) in [5, 5.41) is 13.3. The van der Waals surface area contributed by atoms with Gasteiger partial charge in [0.15, 0.2) is 5.84 Å². The van der Waals surface area contributed by atoms with E-state index in [1.54, 1.807) is 24.3 Å². The summed E-state index contributed by atoms with van der Waals surface area (Å²) in [4.78, 5) is 29.6. The van der Waals surface area contributed by atoms with Crippen LogP contribution in [0.2, 0.25) is 0 Å². The predicted molar refractivity (Wildman–Crippen MR) is 144 cm³/mol. The third-order valence-corrected chi connectivity index (χ3v) is 6.28. The summed E-state index contributed by atoms with van der Waals surface area (Å²) < 4.78 is 38.3. The summed E-state index contributed by atoms with van der Waals surface area (Å²) in [6.07, 6.45) is 4.92. The highest BCUT2D eigenvalue weighted by Gasteiger charge is 2.30. The maximum absolute atomic E-state index is 12.8. The fourth-order valence-electron chi connectivity index (χ4n) is 3.99. The van der Waals surface area contributed by atoms with Crippen molar-refractivity contribution in [2.75, 3.05) is 0 Å². The van der Waals surface area contributed by atoms with Crippen LogP contribution in [-0.4, -0.2) is 27.9 Å². The molecular formula is C29H38F3N3O4. The molecule has 0 aliphatic carbocycles. The summed E-state index contributed by atoms with van der Waals surface area (Å²) in [7, 11) is 0. The number of unbranched alkanes of at least 4 members (excludes halogenated alkanes) is 8. The molecule has 0 aromatic heterocycles. The van der Waals surface area contributed by atoms with Crippen LogP contribution in [0.25, 0.3) is 0 Å². The van der Waals surface area contributed by atoms with Crippen molar-refractivity contribution in [1.29, 1.82) is 0 Å². The van der Waals surface area contributed by atoms with E-state index in [1.807, 2.05) is 0 Å². The molecule has 0 bridgehead atoms. The van der Waals surface area contributed by atoms with Crippen molar-refractivity contribution in [3.63, 3.8) is 0 Å². The van der Waals surface area contributed by atoms with E-state index in [0.29, 0.717) is 16.7 Å². The first kappa shape index (κ1) is 31.7. The van der Waals surface area contributed by atoms with Crippen molar-refractivity contribution >= 4 is 17.9 Å². The Morgan fingerprint density at radius 2 is 1.33 bits per heavy atom. The van der Waals surface area contributed by atoms with Gasteiger partial charge in [-0.25, -0.2) is 9.59 Å². The van der Waals surface area contributed by atoms with Gasteiger partial charge >= 0.3 is 18.2 Å². The van der Waals surface area contributed by atoms with Gasteiger partial charge in [0, 0.05) is 25.1 Å². The number of rotatable bonds is 16. The first-order valence-corrected chi connectivity index (χ1v) is 13.4. The van der Waals surface area contributed by atoms with Gasteiger partial charge in [-0.3, -0.25) is 4.90 Å². The lowest BCUT2D eigenvalue weighted by molar-refractivity contribution is -0.143. The van der Waals surface area contributed by atoms with E-state index >= 15 is 0 Å². The quantitative estimate of drug-likeness (QED) is 0.0743. The first-order chi connectivity index (χ1) is 18.6. The highest BCUT2D eigenvalue weighted by atomic mass is 19.4. The molecule has 2 rings (SSSR count). The second-order valence-electron chi connectivity index (χ2n) is 9.55. The number of nitrogens with zero attached hydrogens (tertiary/aromatic N) is 2. The maximum Gasteiger partial charge on any atom is 0.416 e. The molecule has 2 aromatic carbocycles. The molecule has 2 aromatic rings. The van der Waals surface area contributed by atoms with Gasteiger partial charge in [-0.2, -0.15) is 13.2 Å². The number of nitrogens with two attached hydrogens (primary N) is 1. The minimum atomic E-state index is -4.46. The number of carboxylic acid groups (broad SMARTS) is 1. The third-order valence-electron chi connectivity index (χ3n) is 6.28. The Kier molecular flexibility index (Phi) is 13.3. The standard InChI is InChI=1S/C29H38F3N3O4/c1-2-3-4-5-6-7-8-9-10-11-26(36)39-34-27(33)24-16-12-22(13-17-24)20-35(28(37)38)21-23-14-18-25(19-15-23)29(30,31)32/h12-19H,2-11,20-21H2,1H3,(H2,33,34)(H,37,38). The second-order valence-corrected chi connectivity index (χ2v) is 9.55. The van der Waals surface area contributed by atoms with Gasteiger partial charge < -0.3 is 15.7 Å². The third kappa shape index (κ3) is 12.2. The molecule has 1 amide bonds. The monoisotopic (exact) mass is 549 g/mol. The highest BCUT2D eigenvalue weighted by molar-refractivity contribution is 5.97. The number of alkyl halides is 3. The van der Waals surface area contributed by atoms with Gasteiger partial charge in [0.05, 0.1) is 5.56 Å². The maximum atomic E-state index is 12.8. The van der Waals surface area contributed by atoms with Crippen LogP contribution in [0.5, 0.6) is 0 Å². The molecule has 0 spiro atoms. The van der Waals surface area contributed by atoms with E-state index in [9.17, 15) is 27.9 Å². The van der Waals surface area contributed by atoms with Crippen LogP contribution < -0.4 is 5.73 Å². The molecule has 0 fully saturated rings. The zero-order valence-electron chi connectivity index (χ0n) is 22.4. The average molecular weight is 550 g/mol. The van der Waals surface area contributed by atoms with Crippen LogP contribution in [0.3, 0.4) is 0 Å². The fraction of sp³-hybridized carbons (Fsp3) is 0.483. The van der Waals surface area contributed by atoms with Gasteiger partial charge in [0.25, 0.3) is 0 Å². The van der Waals surface area contributed by atoms with Crippen LogP contribution in [0.15, 0.2) is 53.7 Å². The molecule has 10 heteroatoms. The van der Waals surface area contributed by atoms with E-state index in [0.717, 1.165) is 36.3 Å². The fourth-order valence-corrected chi connectivity index (χ4v) is 3.99. The molecule has 0 heterocycles. The van der Waals surface area contributed by atoms with E-state index in [1.165, 1.54) is 50.7 Å². The number of benzene rings is 2. The Morgan fingerprint density at radius 1 is 0.846 bits per heavy atom. The van der Waals surface area contributed by atoms with Gasteiger partial charge in [-0.15, -0.1) is 0 Å². The predicted octanol–water partition coefficient (Wildman–Crippen LogP) is 7.47. The zero-order chi connectivity index (χ0) is 28.7. The summed E-state index contributed by atoms with van der Waals surface area (Å²) in [6, 6.07) is 10.9. The number of oxime groups is 1. The Morgan fingerprint density at radius 3 is 1.82 bits per heavy atom. The van der Waals surface area contributed by atoms with Gasteiger partial charge in [-0.05, 0) is 29.7 Å². The number of halogens is 3. The SMILES string of the molecule is CCCCCCCCCCCC(=O)ON=C(N)c1ccc(CN(Cc2ccc(C(F)(F)F)cc2)C(=O)O)cc1. The number of hydrogen-bond acceptors (Lipinski definition) is 4. The Labute approximate surface area is 227 Å². The summed E-state index contributed by atoms with van der Waals surface area (Å²) in [5.41, 5.74) is 6.70. The lowest BCUT2D eigenvalue weighted by Crippen LogP contribution is -2.28. The van der Waals surface area contributed by atoms with Crippen LogP contribution in [0, 0.1) is 0 Å². The molecule has 0 aliphatic rings. The molecule has 0 saturated carbocycles. The van der Waals surface area contributed by atoms with E-state index < -0.39 is 23.8 Å². The Bertz CT molecular complexity index is 1050. The highest BCUT2D eigenvalue weighted by Crippen LogP contribution is 2.29. The summed E-state index contributed by atoms with van der Waals surface area (Å²) in [6.45, 7) is 2.14. The van der Waals surface area contributed by atoms with Crippen molar-refractivity contribution < 1.29 is 32.7 Å². The van der Waals surface area contributed by atoms with E-state index in [4.69, 9.17) is 10.6 Å². The molecule has 0 radical (unpaired) electrons. The average Bonchev–Trinajstić information content (AvgIpc) is 2.90. The Balaban J connectivity index is 1.79. The Hall–Kier alpha value is -3.56. The van der Waals surface area contributed by atoms with E-state index in [-0.39, 0.29) is 25.3 Å². The topological polar surface area (TPSA) is 105 Å². The number of carbonyl (C=O) groups is 2. The van der Waals surface area contributed by atoms with Crippen LogP contribution in [0.4, 0.5) is 18.0 Å². The molecule has 0 saturated heterocycles. The number of hydrogen-bond donors (Lipinski definition) is 2. The van der Waals surface area contributed by atoms with Gasteiger partial charge in [0.2, 0.25) is 0 Å². The normalized spacial score (nSPS) is 11.8. The summed E-state index contributed by atoms with van der Waals surface area (Å²) >= 11 is 0. The van der Waals surface area contributed by atoms with Crippen molar-refractivity contribution in [3.8, 4) is 0 Å². The molecule has 0 unspecified atom stereocenters. The number of amides is 1. The van der Waals surface area contributed by atoms with Crippen molar-refractivity contribution in [1.82, 2.24) is 4.90 Å². The lowest BCUT2D eigenvalue weighted by Gasteiger charge is -2.20. The second kappa shape index (κ2) is 16.4. The van der Waals surface area contributed by atoms with E-state index in [2.05, 4.69) is 12.1 Å². The van der Waals surface area contributed by atoms with Crippen molar-refractivity contribution in [3.05, 3.63) is 70.8 Å². The molecule has 39 heavy (non-hydrogen) atoms. The van der Waals surface area contributed by atoms with Crippen LogP contribution in [-0.2, 0) is 28.9 Å². The molecule has 3 N–H and O–H groups in total. The number of amidine groups is 1. The minimum Gasteiger partial charge on any atom is -0.465 e. The molecule has 214 valence electrons. The summed E-state index contributed by atoms with van der Waals surface area (Å²) in [5.74, 6) is -0.431. The van der Waals surface area contributed by atoms with Gasteiger partial charge in [-0.1, -0.05) is 99.8 Å².